The Balaban J connectivity index is 1.68. The van der Waals surface area contributed by atoms with E-state index in [-0.39, 0.29) is 35.2 Å². The normalized spacial score (nSPS) is 39.0. The van der Waals surface area contributed by atoms with Gasteiger partial charge in [-0.1, -0.05) is 68.0 Å². The highest BCUT2D eigenvalue weighted by atomic mass is 127. The third kappa shape index (κ3) is 4.75. The number of esters is 1. The number of carboxylic acids is 1. The summed E-state index contributed by atoms with van der Waals surface area (Å²) in [6.45, 7) is 11.1. The van der Waals surface area contributed by atoms with Crippen LogP contribution in [0, 0.1) is 22.7 Å². The zero-order chi connectivity index (χ0) is 21.4. The van der Waals surface area contributed by atoms with Crippen LogP contribution in [0.3, 0.4) is 0 Å². The van der Waals surface area contributed by atoms with Crippen molar-refractivity contribution in [2.75, 3.05) is 6.61 Å². The lowest BCUT2D eigenvalue weighted by atomic mass is 9.47. The predicted molar refractivity (Wildman–Crippen MR) is 123 cm³/mol. The molecule has 4 nitrogen and oxygen atoms in total. The highest BCUT2D eigenvalue weighted by Crippen LogP contribution is 2.63. The fraction of sp³-hybridized carbons (Fsp3) is 0.750. The number of aliphatic carboxylic acids is 1. The molecule has 3 aliphatic rings. The van der Waals surface area contributed by atoms with Crippen LogP contribution in [0.2, 0.25) is 0 Å². The Morgan fingerprint density at radius 1 is 1.24 bits per heavy atom. The smallest absolute Gasteiger partial charge is 0.330 e. The van der Waals surface area contributed by atoms with E-state index in [4.69, 9.17) is 9.84 Å². The minimum Gasteiger partial charge on any atom is -0.478 e. The van der Waals surface area contributed by atoms with Gasteiger partial charge in [-0.25, -0.2) is 4.79 Å². The van der Waals surface area contributed by atoms with Crippen molar-refractivity contribution in [1.29, 1.82) is 0 Å². The van der Waals surface area contributed by atoms with Gasteiger partial charge in [0.25, 0.3) is 0 Å². The maximum Gasteiger partial charge on any atom is 0.330 e. The molecule has 0 aromatic rings. The monoisotopic (exact) mass is 514 g/mol. The van der Waals surface area contributed by atoms with E-state index in [9.17, 15) is 9.59 Å². The second-order valence-corrected chi connectivity index (χ2v) is 12.9. The Morgan fingerprint density at radius 2 is 1.97 bits per heavy atom. The molecular weight excluding hydrogens is 479 g/mol. The van der Waals surface area contributed by atoms with Crippen molar-refractivity contribution in [3.8, 4) is 0 Å². The standard InChI is InChI=1S/C24H35IO4/c1-16(21(27)28)6-9-20(26)29-15-22(2)11-5-12-24(4)18-10-13-23(3,25)14-17(18)7-8-19(22)24/h10,17,19H,1,5-9,11-15H2,2-4H3,(H,27,28)/t17?,19?,22-,23-,24-/m0/s1. The number of halogens is 1. The molecule has 1 N–H and O–H groups in total. The minimum absolute atomic E-state index is 0.0106. The number of hydrogen-bond donors (Lipinski definition) is 1. The van der Waals surface area contributed by atoms with Crippen molar-refractivity contribution in [2.45, 2.75) is 82.0 Å². The number of carbonyl (C=O) groups excluding carboxylic acids is 1. The van der Waals surface area contributed by atoms with E-state index < -0.39 is 5.97 Å². The molecule has 3 rings (SSSR count). The molecule has 5 atom stereocenters. The van der Waals surface area contributed by atoms with Gasteiger partial charge in [0, 0.05) is 20.8 Å². The molecule has 0 heterocycles. The fourth-order valence-corrected chi connectivity index (χ4v) is 7.11. The van der Waals surface area contributed by atoms with E-state index >= 15 is 0 Å². The van der Waals surface area contributed by atoms with Crippen molar-refractivity contribution >= 4 is 34.5 Å². The largest absolute Gasteiger partial charge is 0.478 e. The number of hydrogen-bond acceptors (Lipinski definition) is 3. The van der Waals surface area contributed by atoms with Gasteiger partial charge in [0.1, 0.15) is 0 Å². The molecule has 0 spiro atoms. The molecule has 162 valence electrons. The number of alkyl halides is 1. The van der Waals surface area contributed by atoms with Crippen LogP contribution in [0.4, 0.5) is 0 Å². The number of fused-ring (bicyclic) bond motifs is 3. The third-order valence-electron chi connectivity index (χ3n) is 7.87. The summed E-state index contributed by atoms with van der Waals surface area (Å²) in [6.07, 6.45) is 11.2. The molecule has 29 heavy (non-hydrogen) atoms. The summed E-state index contributed by atoms with van der Waals surface area (Å²) in [5.74, 6) is -0.120. The molecule has 0 amide bonds. The second-order valence-electron chi connectivity index (χ2n) is 10.3. The Morgan fingerprint density at radius 3 is 2.66 bits per heavy atom. The fourth-order valence-electron chi connectivity index (χ4n) is 6.36. The maximum absolute atomic E-state index is 12.2. The summed E-state index contributed by atoms with van der Waals surface area (Å²) >= 11 is 2.63. The average Bonchev–Trinajstić information content (AvgIpc) is 2.63. The van der Waals surface area contributed by atoms with Crippen LogP contribution in [-0.2, 0) is 14.3 Å². The minimum atomic E-state index is -1.05. The molecule has 0 aromatic heterocycles. The van der Waals surface area contributed by atoms with Crippen LogP contribution in [0.1, 0.15) is 78.6 Å². The van der Waals surface area contributed by atoms with Gasteiger partial charge in [-0.15, -0.1) is 0 Å². The number of rotatable bonds is 6. The molecule has 2 fully saturated rings. The van der Waals surface area contributed by atoms with Gasteiger partial charge in [-0.05, 0) is 62.2 Å². The summed E-state index contributed by atoms with van der Waals surface area (Å²) in [6, 6.07) is 0. The molecule has 0 aromatic carbocycles. The van der Waals surface area contributed by atoms with E-state index in [0.717, 1.165) is 12.8 Å². The van der Waals surface area contributed by atoms with Gasteiger partial charge in [-0.2, -0.15) is 0 Å². The van der Waals surface area contributed by atoms with Crippen LogP contribution in [0.15, 0.2) is 23.8 Å². The molecular formula is C24H35IO4. The molecule has 0 aliphatic heterocycles. The zero-order valence-electron chi connectivity index (χ0n) is 18.1. The van der Waals surface area contributed by atoms with Crippen molar-refractivity contribution < 1.29 is 19.4 Å². The van der Waals surface area contributed by atoms with Crippen LogP contribution >= 0.6 is 22.6 Å². The zero-order valence-corrected chi connectivity index (χ0v) is 20.2. The Bertz CT molecular complexity index is 724. The molecule has 2 unspecified atom stereocenters. The van der Waals surface area contributed by atoms with Crippen LogP contribution < -0.4 is 0 Å². The molecule has 3 aliphatic carbocycles. The van der Waals surface area contributed by atoms with E-state index in [1.165, 1.54) is 32.1 Å². The summed E-state index contributed by atoms with van der Waals surface area (Å²) < 4.78 is 6.06. The molecule has 0 radical (unpaired) electrons. The van der Waals surface area contributed by atoms with Crippen LogP contribution in [0.25, 0.3) is 0 Å². The Hall–Kier alpha value is -0.850. The highest BCUT2D eigenvalue weighted by Gasteiger charge is 2.55. The number of ether oxygens (including phenoxy) is 1. The summed E-state index contributed by atoms with van der Waals surface area (Å²) in [5, 5.41) is 8.90. The van der Waals surface area contributed by atoms with Gasteiger partial charge in [0.2, 0.25) is 0 Å². The van der Waals surface area contributed by atoms with Gasteiger partial charge >= 0.3 is 11.9 Å². The number of carboxylic acid groups (broad SMARTS) is 1. The first kappa shape index (κ1) is 22.8. The highest BCUT2D eigenvalue weighted by molar-refractivity contribution is 14.1. The Labute approximate surface area is 188 Å². The lowest BCUT2D eigenvalue weighted by molar-refractivity contribution is -0.152. The van der Waals surface area contributed by atoms with Crippen LogP contribution in [0.5, 0.6) is 0 Å². The topological polar surface area (TPSA) is 63.6 Å². The van der Waals surface area contributed by atoms with Crippen molar-refractivity contribution in [2.24, 2.45) is 22.7 Å². The first-order valence-corrected chi connectivity index (χ1v) is 12.0. The summed E-state index contributed by atoms with van der Waals surface area (Å²) in [7, 11) is 0. The number of allylic oxidation sites excluding steroid dienone is 2. The average molecular weight is 514 g/mol. The third-order valence-corrected chi connectivity index (χ3v) is 8.75. The lowest BCUT2D eigenvalue weighted by Gasteiger charge is -2.59. The number of carbonyl (C=O) groups is 2. The van der Waals surface area contributed by atoms with Gasteiger partial charge < -0.3 is 9.84 Å². The van der Waals surface area contributed by atoms with Gasteiger partial charge in [0.05, 0.1) is 6.61 Å². The molecule has 5 heteroatoms. The predicted octanol–water partition coefficient (Wildman–Crippen LogP) is 6.09. The summed E-state index contributed by atoms with van der Waals surface area (Å²) in [4.78, 5) is 23.1. The van der Waals surface area contributed by atoms with E-state index in [2.05, 4.69) is 56.0 Å². The van der Waals surface area contributed by atoms with Gasteiger partial charge in [0.15, 0.2) is 0 Å². The van der Waals surface area contributed by atoms with E-state index in [0.29, 0.717) is 21.9 Å². The quantitative estimate of drug-likeness (QED) is 0.153. The van der Waals surface area contributed by atoms with Crippen LogP contribution in [-0.4, -0.2) is 27.1 Å². The maximum atomic E-state index is 12.2. The van der Waals surface area contributed by atoms with E-state index in [1.807, 2.05) is 0 Å². The molecule has 0 saturated heterocycles. The van der Waals surface area contributed by atoms with Crippen molar-refractivity contribution in [1.82, 2.24) is 0 Å². The molecule has 2 saturated carbocycles. The lowest BCUT2D eigenvalue weighted by Crippen LogP contribution is -2.51. The Kier molecular flexibility index (Phi) is 6.57. The first-order valence-electron chi connectivity index (χ1n) is 10.9. The van der Waals surface area contributed by atoms with Crippen molar-refractivity contribution in [3.63, 3.8) is 0 Å². The SMILES string of the molecule is C=C(CCC(=O)OC[C@]1(C)CCC[C@@]2(C)C3=CC[C@](C)(I)CC3CCC12)C(=O)O. The van der Waals surface area contributed by atoms with Gasteiger partial charge in [-0.3, -0.25) is 4.79 Å². The second kappa shape index (κ2) is 8.35. The van der Waals surface area contributed by atoms with Crippen molar-refractivity contribution in [3.05, 3.63) is 23.8 Å². The molecule has 0 bridgehead atoms. The van der Waals surface area contributed by atoms with E-state index in [1.54, 1.807) is 5.57 Å². The first-order chi connectivity index (χ1) is 13.5. The summed E-state index contributed by atoms with van der Waals surface area (Å²) in [5.41, 5.74) is 1.94.